The molecule has 0 spiro atoms. The first-order chi connectivity index (χ1) is 8.86. The van der Waals surface area contributed by atoms with Gasteiger partial charge in [-0.1, -0.05) is 0 Å². The van der Waals surface area contributed by atoms with Gasteiger partial charge in [0.2, 0.25) is 5.91 Å². The fourth-order valence-corrected chi connectivity index (χ4v) is 2.27. The molecule has 1 N–H and O–H groups in total. The number of likely N-dealkylation sites (N-methyl/N-ethyl adjacent to an activating group) is 1. The van der Waals surface area contributed by atoms with Gasteiger partial charge in [-0.15, -0.1) is 0 Å². The molecule has 1 aliphatic heterocycles. The third kappa shape index (κ3) is 3.84. The summed E-state index contributed by atoms with van der Waals surface area (Å²) >= 11 is 0. The van der Waals surface area contributed by atoms with Gasteiger partial charge in [0.05, 0.1) is 13.0 Å². The van der Waals surface area contributed by atoms with E-state index in [0.717, 1.165) is 4.90 Å². The molecule has 0 aromatic carbocycles. The van der Waals surface area contributed by atoms with Gasteiger partial charge in [0, 0.05) is 20.6 Å². The summed E-state index contributed by atoms with van der Waals surface area (Å²) in [5, 5.41) is 9.11. The van der Waals surface area contributed by atoms with Gasteiger partial charge in [-0.2, -0.15) is 0 Å². The third-order valence-corrected chi connectivity index (χ3v) is 3.12. The van der Waals surface area contributed by atoms with E-state index in [1.54, 1.807) is 21.0 Å². The van der Waals surface area contributed by atoms with Crippen LogP contribution in [0.5, 0.6) is 0 Å². The van der Waals surface area contributed by atoms with Crippen LogP contribution in [0.3, 0.4) is 0 Å². The van der Waals surface area contributed by atoms with E-state index in [9.17, 15) is 14.4 Å². The molecule has 19 heavy (non-hydrogen) atoms. The van der Waals surface area contributed by atoms with Crippen molar-refractivity contribution in [1.29, 1.82) is 0 Å². The molecule has 0 unspecified atom stereocenters. The van der Waals surface area contributed by atoms with Crippen LogP contribution < -0.4 is 0 Å². The largest absolute Gasteiger partial charge is 0.466 e. The Morgan fingerprint density at radius 3 is 2.47 bits per heavy atom. The summed E-state index contributed by atoms with van der Waals surface area (Å²) in [6.45, 7) is 2.21. The Balaban J connectivity index is 2.69. The predicted molar refractivity (Wildman–Crippen MR) is 66.6 cm³/mol. The number of hydrogen-bond acceptors (Lipinski definition) is 4. The van der Waals surface area contributed by atoms with Crippen LogP contribution in [0.15, 0.2) is 0 Å². The number of carboxylic acid groups (broad SMARTS) is 1. The van der Waals surface area contributed by atoms with Crippen molar-refractivity contribution in [3.63, 3.8) is 0 Å². The Morgan fingerprint density at radius 2 is 2.00 bits per heavy atom. The van der Waals surface area contributed by atoms with E-state index in [1.807, 2.05) is 0 Å². The first-order valence-corrected chi connectivity index (χ1v) is 6.23. The highest BCUT2D eigenvalue weighted by Gasteiger charge is 2.41. The van der Waals surface area contributed by atoms with Crippen LogP contribution in [0, 0.1) is 5.92 Å². The Kier molecular flexibility index (Phi) is 5.14. The molecular formula is C12H20N2O5. The molecule has 2 atom stereocenters. The lowest BCUT2D eigenvalue weighted by Crippen LogP contribution is -2.44. The van der Waals surface area contributed by atoms with Gasteiger partial charge in [-0.25, -0.2) is 4.79 Å². The Labute approximate surface area is 112 Å². The van der Waals surface area contributed by atoms with Crippen molar-refractivity contribution in [1.82, 2.24) is 9.80 Å². The lowest BCUT2D eigenvalue weighted by molar-refractivity contribution is -0.144. The van der Waals surface area contributed by atoms with Crippen molar-refractivity contribution in [3.05, 3.63) is 0 Å². The Hall–Kier alpha value is -1.79. The van der Waals surface area contributed by atoms with Gasteiger partial charge in [-0.05, 0) is 19.3 Å². The molecule has 1 aliphatic rings. The summed E-state index contributed by atoms with van der Waals surface area (Å²) in [4.78, 5) is 36.9. The summed E-state index contributed by atoms with van der Waals surface area (Å²) in [6, 6.07) is -0.702. The summed E-state index contributed by atoms with van der Waals surface area (Å²) in [7, 11) is 3.17. The van der Waals surface area contributed by atoms with Crippen LogP contribution in [0.1, 0.15) is 19.8 Å². The molecule has 0 aromatic heterocycles. The zero-order valence-electron chi connectivity index (χ0n) is 11.5. The fourth-order valence-electron chi connectivity index (χ4n) is 2.27. The molecule has 1 saturated heterocycles. The average molecular weight is 272 g/mol. The van der Waals surface area contributed by atoms with Crippen LogP contribution in [-0.2, 0) is 14.3 Å². The van der Waals surface area contributed by atoms with Gasteiger partial charge in [0.15, 0.2) is 0 Å². The number of esters is 1. The second-order valence-corrected chi connectivity index (χ2v) is 4.79. The van der Waals surface area contributed by atoms with Gasteiger partial charge < -0.3 is 14.7 Å². The van der Waals surface area contributed by atoms with Crippen molar-refractivity contribution >= 4 is 18.0 Å². The van der Waals surface area contributed by atoms with E-state index in [2.05, 4.69) is 0 Å². The van der Waals surface area contributed by atoms with E-state index in [4.69, 9.17) is 9.84 Å². The Morgan fingerprint density at radius 1 is 1.37 bits per heavy atom. The van der Waals surface area contributed by atoms with Crippen LogP contribution in [0.4, 0.5) is 4.79 Å². The summed E-state index contributed by atoms with van der Waals surface area (Å²) in [5.41, 5.74) is 0. The summed E-state index contributed by atoms with van der Waals surface area (Å²) in [6.07, 6.45) is -0.622. The molecule has 0 saturated carbocycles. The van der Waals surface area contributed by atoms with Crippen molar-refractivity contribution in [2.45, 2.75) is 25.8 Å². The normalized spacial score (nSPS) is 22.2. The van der Waals surface area contributed by atoms with E-state index in [0.29, 0.717) is 13.0 Å². The highest BCUT2D eigenvalue weighted by Crippen LogP contribution is 2.27. The number of likely N-dealkylation sites (tertiary alicyclic amines) is 1. The van der Waals surface area contributed by atoms with E-state index in [1.165, 1.54) is 4.90 Å². The second kappa shape index (κ2) is 6.40. The van der Waals surface area contributed by atoms with Crippen molar-refractivity contribution in [3.8, 4) is 0 Å². The van der Waals surface area contributed by atoms with Crippen molar-refractivity contribution < 1.29 is 24.2 Å². The minimum absolute atomic E-state index is 0.148. The molecule has 0 radical (unpaired) electrons. The molecule has 7 nitrogen and oxygen atoms in total. The molecule has 1 heterocycles. The lowest BCUT2D eigenvalue weighted by Gasteiger charge is -2.23. The number of amides is 2. The van der Waals surface area contributed by atoms with Gasteiger partial charge in [0.1, 0.15) is 6.04 Å². The number of nitrogens with zero attached hydrogens (tertiary/aromatic N) is 2. The second-order valence-electron chi connectivity index (χ2n) is 4.79. The molecular weight excluding hydrogens is 252 g/mol. The number of carbonyl (C=O) groups excluding carboxylic acids is 2. The zero-order valence-corrected chi connectivity index (χ0v) is 11.5. The number of hydrogen-bond donors (Lipinski definition) is 1. The SMILES string of the molecule is CCOC(=O)C[C@H]1C[C@@H](C(=O)N(C)C)N(C(=O)O)C1. The monoisotopic (exact) mass is 272 g/mol. The van der Waals surface area contributed by atoms with Gasteiger partial charge >= 0.3 is 12.1 Å². The third-order valence-electron chi connectivity index (χ3n) is 3.12. The lowest BCUT2D eigenvalue weighted by atomic mass is 10.0. The standard InChI is InChI=1S/C12H20N2O5/c1-4-19-10(15)6-8-5-9(11(16)13(2)3)14(7-8)12(17)18/h8-9H,4-7H2,1-3H3,(H,17,18)/t8-,9+/m1/s1. The van der Waals surface area contributed by atoms with Crippen molar-refractivity contribution in [2.24, 2.45) is 5.92 Å². The minimum Gasteiger partial charge on any atom is -0.466 e. The summed E-state index contributed by atoms with van der Waals surface area (Å²) < 4.78 is 4.84. The van der Waals surface area contributed by atoms with Crippen LogP contribution in [0.2, 0.25) is 0 Å². The van der Waals surface area contributed by atoms with Crippen LogP contribution >= 0.6 is 0 Å². The molecule has 108 valence electrons. The molecule has 0 aliphatic carbocycles. The Bertz CT molecular complexity index is 369. The highest BCUT2D eigenvalue weighted by molar-refractivity contribution is 5.85. The van der Waals surface area contributed by atoms with Gasteiger partial charge in [-0.3, -0.25) is 14.5 Å². The molecule has 1 rings (SSSR count). The maximum Gasteiger partial charge on any atom is 0.407 e. The van der Waals surface area contributed by atoms with Crippen LogP contribution in [-0.4, -0.2) is 66.2 Å². The number of rotatable bonds is 4. The first-order valence-electron chi connectivity index (χ1n) is 6.23. The van der Waals surface area contributed by atoms with Crippen LogP contribution in [0.25, 0.3) is 0 Å². The quantitative estimate of drug-likeness (QED) is 0.748. The topological polar surface area (TPSA) is 87.2 Å². The maximum atomic E-state index is 11.9. The molecule has 7 heteroatoms. The maximum absolute atomic E-state index is 11.9. The highest BCUT2D eigenvalue weighted by atomic mass is 16.5. The minimum atomic E-state index is -1.13. The molecule has 0 aromatic rings. The fraction of sp³-hybridized carbons (Fsp3) is 0.750. The smallest absolute Gasteiger partial charge is 0.407 e. The number of ether oxygens (including phenoxy) is 1. The molecule has 2 amide bonds. The van der Waals surface area contributed by atoms with Crippen molar-refractivity contribution in [2.75, 3.05) is 27.2 Å². The first kappa shape index (κ1) is 15.3. The van der Waals surface area contributed by atoms with Gasteiger partial charge in [0.25, 0.3) is 0 Å². The average Bonchev–Trinajstić information content (AvgIpc) is 2.72. The zero-order chi connectivity index (χ0) is 14.6. The van der Waals surface area contributed by atoms with E-state index < -0.39 is 12.1 Å². The molecule has 0 bridgehead atoms. The predicted octanol–water partition coefficient (Wildman–Crippen LogP) is 0.396. The van der Waals surface area contributed by atoms with E-state index in [-0.39, 0.29) is 30.8 Å². The van der Waals surface area contributed by atoms with E-state index >= 15 is 0 Å². The molecule has 1 fully saturated rings. The summed E-state index contributed by atoms with van der Waals surface area (Å²) in [5.74, 6) is -0.770. The number of carbonyl (C=O) groups is 3.